The number of rotatable bonds is 1. The molecular formula is C16H27N5. The lowest BCUT2D eigenvalue weighted by atomic mass is 10.1. The van der Waals surface area contributed by atoms with Gasteiger partial charge in [0.25, 0.3) is 0 Å². The largest absolute Gasteiger partial charge is 0.378 e. The Morgan fingerprint density at radius 1 is 1.10 bits per heavy atom. The number of nitrogens with zero attached hydrogens (tertiary/aromatic N) is 2. The van der Waals surface area contributed by atoms with Gasteiger partial charge < -0.3 is 16.0 Å². The molecule has 3 rings (SSSR count). The summed E-state index contributed by atoms with van der Waals surface area (Å²) >= 11 is 0. The predicted molar refractivity (Wildman–Crippen MR) is 94.4 cm³/mol. The van der Waals surface area contributed by atoms with Crippen molar-refractivity contribution in [1.82, 2.24) is 5.32 Å². The number of benzene rings is 1. The molecule has 0 aromatic heterocycles. The third-order valence-corrected chi connectivity index (χ3v) is 2.96. The second-order valence-electron chi connectivity index (χ2n) is 4.11. The van der Waals surface area contributed by atoms with Gasteiger partial charge in [-0.2, -0.15) is 0 Å². The van der Waals surface area contributed by atoms with Gasteiger partial charge >= 0.3 is 0 Å². The molecule has 0 saturated heterocycles. The number of hydrogen-bond acceptors (Lipinski definition) is 5. The number of nitrogens with one attached hydrogen (secondary N) is 3. The van der Waals surface area contributed by atoms with Crippen LogP contribution >= 0.6 is 0 Å². The van der Waals surface area contributed by atoms with Crippen LogP contribution in [0.4, 0.5) is 17.1 Å². The summed E-state index contributed by atoms with van der Waals surface area (Å²) in [6.45, 7) is 12.6. The van der Waals surface area contributed by atoms with E-state index < -0.39 is 0 Å². The first-order chi connectivity index (χ1) is 10.3. The van der Waals surface area contributed by atoms with Crippen LogP contribution < -0.4 is 16.0 Å². The molecule has 0 unspecified atom stereocenters. The number of fused-ring (bicyclic) bond motifs is 1. The van der Waals surface area contributed by atoms with Crippen molar-refractivity contribution >= 4 is 29.2 Å². The highest BCUT2D eigenvalue weighted by Gasteiger charge is 2.13. The van der Waals surface area contributed by atoms with E-state index in [4.69, 9.17) is 0 Å². The Balaban J connectivity index is 0.000000510. The molecule has 0 bridgehead atoms. The van der Waals surface area contributed by atoms with Crippen LogP contribution in [0.5, 0.6) is 0 Å². The van der Waals surface area contributed by atoms with Gasteiger partial charge in [-0.25, -0.2) is 0 Å². The fourth-order valence-corrected chi connectivity index (χ4v) is 2.05. The van der Waals surface area contributed by atoms with Gasteiger partial charge in [0, 0.05) is 24.0 Å². The van der Waals surface area contributed by atoms with E-state index in [1.165, 1.54) is 0 Å². The normalized spacial score (nSPS) is 14.2. The Morgan fingerprint density at radius 3 is 2.52 bits per heavy atom. The smallest absolute Gasteiger partial charge is 0.195 e. The van der Waals surface area contributed by atoms with Crippen LogP contribution in [0.1, 0.15) is 33.3 Å². The zero-order chi connectivity index (χ0) is 15.7. The van der Waals surface area contributed by atoms with Gasteiger partial charge in [-0.3, -0.25) is 9.98 Å². The van der Waals surface area contributed by atoms with Crippen molar-refractivity contribution in [3.05, 3.63) is 17.7 Å². The molecule has 0 atom stereocenters. The van der Waals surface area contributed by atoms with Crippen molar-refractivity contribution in [3.8, 4) is 0 Å². The lowest BCUT2D eigenvalue weighted by Crippen LogP contribution is -2.26. The lowest BCUT2D eigenvalue weighted by Gasteiger charge is -2.17. The van der Waals surface area contributed by atoms with Gasteiger partial charge in [0.2, 0.25) is 0 Å². The van der Waals surface area contributed by atoms with Crippen molar-refractivity contribution in [1.29, 1.82) is 0 Å². The molecule has 0 radical (unpaired) electrons. The van der Waals surface area contributed by atoms with Gasteiger partial charge in [0.15, 0.2) is 5.96 Å². The quantitative estimate of drug-likeness (QED) is 0.741. The predicted octanol–water partition coefficient (Wildman–Crippen LogP) is 3.55. The molecule has 0 spiro atoms. The highest BCUT2D eigenvalue weighted by molar-refractivity contribution is 5.97. The van der Waals surface area contributed by atoms with E-state index in [1.807, 2.05) is 33.9 Å². The fraction of sp³-hybridized carbons (Fsp3) is 0.500. The van der Waals surface area contributed by atoms with E-state index in [1.54, 1.807) is 0 Å². The first kappa shape index (κ1) is 17.0. The second kappa shape index (κ2) is 9.00. The van der Waals surface area contributed by atoms with E-state index in [2.05, 4.69) is 45.0 Å². The zero-order valence-electron chi connectivity index (χ0n) is 13.7. The molecule has 2 aliphatic heterocycles. The molecule has 1 aromatic carbocycles. The third kappa shape index (κ3) is 4.21. The molecule has 0 fully saturated rings. The first-order valence-corrected chi connectivity index (χ1v) is 7.80. The van der Waals surface area contributed by atoms with Gasteiger partial charge in [0.05, 0.1) is 24.5 Å². The molecule has 0 saturated carbocycles. The van der Waals surface area contributed by atoms with Crippen LogP contribution in [0.3, 0.4) is 0 Å². The fourth-order valence-electron chi connectivity index (χ4n) is 2.05. The molecule has 1 aromatic rings. The maximum absolute atomic E-state index is 4.44. The van der Waals surface area contributed by atoms with Gasteiger partial charge in [-0.15, -0.1) is 0 Å². The van der Waals surface area contributed by atoms with Crippen molar-refractivity contribution in [2.45, 2.75) is 34.6 Å². The van der Waals surface area contributed by atoms with Crippen molar-refractivity contribution in [3.63, 3.8) is 0 Å². The van der Waals surface area contributed by atoms with Crippen LogP contribution in [-0.2, 0) is 0 Å². The minimum Gasteiger partial charge on any atom is -0.378 e. The third-order valence-electron chi connectivity index (χ3n) is 2.96. The van der Waals surface area contributed by atoms with Gasteiger partial charge in [0.1, 0.15) is 0 Å². The molecule has 2 aliphatic rings. The monoisotopic (exact) mass is 289 g/mol. The maximum atomic E-state index is 4.44. The molecule has 21 heavy (non-hydrogen) atoms. The van der Waals surface area contributed by atoms with Crippen LogP contribution in [0.15, 0.2) is 22.1 Å². The summed E-state index contributed by atoms with van der Waals surface area (Å²) in [6, 6.07) is 4.11. The molecule has 116 valence electrons. The summed E-state index contributed by atoms with van der Waals surface area (Å²) in [5.41, 5.74) is 4.30. The summed E-state index contributed by atoms with van der Waals surface area (Å²) in [5.74, 6) is 0.848. The van der Waals surface area contributed by atoms with E-state index in [0.29, 0.717) is 0 Å². The molecule has 3 N–H and O–H groups in total. The van der Waals surface area contributed by atoms with Crippen LogP contribution in [0, 0.1) is 6.92 Å². The maximum Gasteiger partial charge on any atom is 0.195 e. The average molecular weight is 289 g/mol. The lowest BCUT2D eigenvalue weighted by molar-refractivity contribution is 0.959. The molecule has 0 amide bonds. The highest BCUT2D eigenvalue weighted by atomic mass is 15.2. The molecule has 0 aliphatic carbocycles. The van der Waals surface area contributed by atoms with Crippen LogP contribution in [0.2, 0.25) is 0 Å². The van der Waals surface area contributed by atoms with Gasteiger partial charge in [-0.05, 0) is 19.1 Å². The second-order valence-corrected chi connectivity index (χ2v) is 4.11. The Kier molecular flexibility index (Phi) is 7.29. The zero-order valence-corrected chi connectivity index (χ0v) is 13.7. The van der Waals surface area contributed by atoms with Crippen LogP contribution in [0.25, 0.3) is 0 Å². The SMILES string of the molecule is CC.CC.Cc1c(NC2=NCCN2)ccc2c1N=CCN2. The van der Waals surface area contributed by atoms with E-state index in [9.17, 15) is 0 Å². The Labute approximate surface area is 128 Å². The first-order valence-electron chi connectivity index (χ1n) is 7.80. The molecule has 2 heterocycles. The Bertz CT molecular complexity index is 506. The standard InChI is InChI=1S/C12H15N5.2C2H6/c1-8-9(17-12-15-6-7-16-12)2-3-10-11(8)14-5-4-13-10;2*1-2/h2-3,5,13H,4,6-7H2,1H3,(H2,15,16,17);2*1-2H3. The molecule has 5 nitrogen and oxygen atoms in total. The number of anilines is 2. The van der Waals surface area contributed by atoms with Gasteiger partial charge in [-0.1, -0.05) is 27.7 Å². The Morgan fingerprint density at radius 2 is 1.86 bits per heavy atom. The van der Waals surface area contributed by atoms with Crippen molar-refractivity contribution < 1.29 is 0 Å². The highest BCUT2D eigenvalue weighted by Crippen LogP contribution is 2.35. The minimum absolute atomic E-state index is 0.799. The minimum atomic E-state index is 0.799. The summed E-state index contributed by atoms with van der Waals surface area (Å²) in [6.07, 6.45) is 1.89. The van der Waals surface area contributed by atoms with Crippen molar-refractivity contribution in [2.75, 3.05) is 30.3 Å². The number of aliphatic imine (C=N–C) groups is 2. The summed E-state index contributed by atoms with van der Waals surface area (Å²) in [5, 5.41) is 9.80. The summed E-state index contributed by atoms with van der Waals surface area (Å²) in [4.78, 5) is 8.76. The van der Waals surface area contributed by atoms with E-state index in [-0.39, 0.29) is 0 Å². The molecule has 5 heteroatoms. The average Bonchev–Trinajstić information content (AvgIpc) is 3.07. The van der Waals surface area contributed by atoms with Crippen LogP contribution in [-0.4, -0.2) is 31.8 Å². The van der Waals surface area contributed by atoms with E-state index >= 15 is 0 Å². The molecular weight excluding hydrogens is 262 g/mol. The number of guanidine groups is 1. The summed E-state index contributed by atoms with van der Waals surface area (Å²) < 4.78 is 0. The Hall–Kier alpha value is -2.04. The van der Waals surface area contributed by atoms with E-state index in [0.717, 1.165) is 48.2 Å². The number of hydrogen-bond donors (Lipinski definition) is 3. The van der Waals surface area contributed by atoms with Crippen molar-refractivity contribution in [2.24, 2.45) is 9.98 Å². The summed E-state index contributed by atoms with van der Waals surface area (Å²) in [7, 11) is 0. The topological polar surface area (TPSA) is 60.8 Å².